The van der Waals surface area contributed by atoms with Gasteiger partial charge in [-0.3, -0.25) is 0 Å². The van der Waals surface area contributed by atoms with Crippen molar-refractivity contribution in [2.45, 2.75) is 26.3 Å². The highest BCUT2D eigenvalue weighted by molar-refractivity contribution is 5.89. The molecule has 4 aromatic rings. The molecular weight excluding hydrogens is 425 g/mol. The number of anilines is 1. The SMILES string of the molecule is CC(C)c1noc(-c2ccc(NC(=O)NCc3cccnc3Oc3cccc(F)c3)cc2)n1. The molecule has 2 amide bonds. The van der Waals surface area contributed by atoms with E-state index in [1.807, 2.05) is 13.8 Å². The Kier molecular flexibility index (Phi) is 6.58. The fourth-order valence-electron chi connectivity index (χ4n) is 2.93. The lowest BCUT2D eigenvalue weighted by molar-refractivity contribution is 0.251. The number of rotatable bonds is 7. The van der Waals surface area contributed by atoms with Crippen LogP contribution >= 0.6 is 0 Å². The lowest BCUT2D eigenvalue weighted by atomic mass is 10.2. The van der Waals surface area contributed by atoms with E-state index in [0.29, 0.717) is 28.7 Å². The average molecular weight is 447 g/mol. The molecule has 0 spiro atoms. The molecule has 168 valence electrons. The maximum absolute atomic E-state index is 13.4. The molecule has 0 saturated carbocycles. The number of aromatic nitrogens is 3. The highest BCUT2D eigenvalue weighted by Gasteiger charge is 2.12. The van der Waals surface area contributed by atoms with Crippen LogP contribution in [0.4, 0.5) is 14.9 Å². The largest absolute Gasteiger partial charge is 0.439 e. The summed E-state index contributed by atoms with van der Waals surface area (Å²) in [7, 11) is 0. The number of ether oxygens (including phenoxy) is 1. The van der Waals surface area contributed by atoms with E-state index in [1.54, 1.807) is 54.7 Å². The molecule has 2 N–H and O–H groups in total. The predicted molar refractivity (Wildman–Crippen MR) is 120 cm³/mol. The van der Waals surface area contributed by atoms with Gasteiger partial charge in [0.1, 0.15) is 11.6 Å². The highest BCUT2D eigenvalue weighted by atomic mass is 19.1. The van der Waals surface area contributed by atoms with E-state index in [2.05, 4.69) is 25.8 Å². The number of benzene rings is 2. The maximum Gasteiger partial charge on any atom is 0.319 e. The van der Waals surface area contributed by atoms with Gasteiger partial charge in [-0.2, -0.15) is 4.98 Å². The van der Waals surface area contributed by atoms with Gasteiger partial charge in [-0.15, -0.1) is 0 Å². The Hall–Kier alpha value is -4.27. The van der Waals surface area contributed by atoms with E-state index in [0.717, 1.165) is 5.56 Å². The molecule has 4 rings (SSSR count). The van der Waals surface area contributed by atoms with E-state index < -0.39 is 11.8 Å². The van der Waals surface area contributed by atoms with Crippen LogP contribution in [-0.4, -0.2) is 21.2 Å². The zero-order valence-corrected chi connectivity index (χ0v) is 18.1. The third kappa shape index (κ3) is 5.70. The molecule has 8 nitrogen and oxygen atoms in total. The summed E-state index contributed by atoms with van der Waals surface area (Å²) in [6.07, 6.45) is 1.56. The van der Waals surface area contributed by atoms with Gasteiger partial charge in [-0.25, -0.2) is 14.2 Å². The molecule has 2 aromatic heterocycles. The summed E-state index contributed by atoms with van der Waals surface area (Å²) in [4.78, 5) is 20.9. The molecule has 0 atom stereocenters. The number of hydrogen-bond donors (Lipinski definition) is 2. The zero-order valence-electron chi connectivity index (χ0n) is 18.1. The van der Waals surface area contributed by atoms with Gasteiger partial charge in [0.15, 0.2) is 5.82 Å². The van der Waals surface area contributed by atoms with Crippen LogP contribution in [0.2, 0.25) is 0 Å². The Morgan fingerprint density at radius 2 is 1.94 bits per heavy atom. The van der Waals surface area contributed by atoms with Gasteiger partial charge in [-0.1, -0.05) is 31.1 Å². The zero-order chi connectivity index (χ0) is 23.2. The quantitative estimate of drug-likeness (QED) is 0.387. The Morgan fingerprint density at radius 1 is 1.12 bits per heavy atom. The van der Waals surface area contributed by atoms with Crippen molar-refractivity contribution in [2.75, 3.05) is 5.32 Å². The van der Waals surface area contributed by atoms with E-state index in [-0.39, 0.29) is 18.3 Å². The second-order valence-corrected chi connectivity index (χ2v) is 7.52. The third-order valence-electron chi connectivity index (χ3n) is 4.65. The Labute approximate surface area is 189 Å². The van der Waals surface area contributed by atoms with Crippen LogP contribution in [-0.2, 0) is 6.54 Å². The van der Waals surface area contributed by atoms with Crippen LogP contribution in [0.3, 0.4) is 0 Å². The molecular formula is C24H22FN5O3. The van der Waals surface area contributed by atoms with Gasteiger partial charge in [0.25, 0.3) is 5.89 Å². The molecule has 0 saturated heterocycles. The monoisotopic (exact) mass is 447 g/mol. The minimum atomic E-state index is -0.409. The highest BCUT2D eigenvalue weighted by Crippen LogP contribution is 2.24. The molecule has 0 bridgehead atoms. The summed E-state index contributed by atoms with van der Waals surface area (Å²) in [6, 6.07) is 15.9. The first kappa shape index (κ1) is 21.9. The number of hydrogen-bond acceptors (Lipinski definition) is 6. The molecule has 0 aliphatic rings. The number of halogens is 1. The predicted octanol–water partition coefficient (Wildman–Crippen LogP) is 5.51. The molecule has 0 aliphatic heterocycles. The van der Waals surface area contributed by atoms with Crippen LogP contribution in [0, 0.1) is 5.82 Å². The van der Waals surface area contributed by atoms with Gasteiger partial charge in [-0.05, 0) is 42.5 Å². The fourth-order valence-corrected chi connectivity index (χ4v) is 2.93. The topological polar surface area (TPSA) is 102 Å². The second kappa shape index (κ2) is 9.90. The number of amides is 2. The summed E-state index contributed by atoms with van der Waals surface area (Å²) in [5.41, 5.74) is 2.00. The van der Waals surface area contributed by atoms with Gasteiger partial charge in [0, 0.05) is 41.5 Å². The second-order valence-electron chi connectivity index (χ2n) is 7.52. The number of carbonyl (C=O) groups excluding carboxylic acids is 1. The number of carbonyl (C=O) groups is 1. The minimum absolute atomic E-state index is 0.169. The van der Waals surface area contributed by atoms with Gasteiger partial charge < -0.3 is 19.9 Å². The minimum Gasteiger partial charge on any atom is -0.439 e. The number of pyridine rings is 1. The summed E-state index contributed by atoms with van der Waals surface area (Å²) in [5, 5.41) is 9.48. The lowest BCUT2D eigenvalue weighted by Crippen LogP contribution is -2.28. The maximum atomic E-state index is 13.4. The molecule has 2 heterocycles. The molecule has 33 heavy (non-hydrogen) atoms. The Morgan fingerprint density at radius 3 is 2.67 bits per heavy atom. The van der Waals surface area contributed by atoms with Crippen molar-refractivity contribution < 1.29 is 18.4 Å². The van der Waals surface area contributed by atoms with Crippen LogP contribution in [0.5, 0.6) is 11.6 Å². The van der Waals surface area contributed by atoms with Crippen molar-refractivity contribution in [3.05, 3.63) is 84.1 Å². The number of nitrogens with one attached hydrogen (secondary N) is 2. The summed E-state index contributed by atoms with van der Waals surface area (Å²) < 4.78 is 24.4. The Balaban J connectivity index is 1.35. The molecule has 0 aliphatic carbocycles. The van der Waals surface area contributed by atoms with Crippen LogP contribution in [0.1, 0.15) is 31.2 Å². The average Bonchev–Trinajstić information content (AvgIpc) is 3.30. The first-order chi connectivity index (χ1) is 16.0. The van der Waals surface area contributed by atoms with E-state index in [4.69, 9.17) is 9.26 Å². The van der Waals surface area contributed by atoms with Gasteiger partial charge in [0.2, 0.25) is 5.88 Å². The molecule has 9 heteroatoms. The summed E-state index contributed by atoms with van der Waals surface area (Å²) in [5.74, 6) is 1.44. The van der Waals surface area contributed by atoms with Crippen molar-refractivity contribution in [1.29, 1.82) is 0 Å². The summed E-state index contributed by atoms with van der Waals surface area (Å²) in [6.45, 7) is 4.15. The van der Waals surface area contributed by atoms with E-state index in [9.17, 15) is 9.18 Å². The van der Waals surface area contributed by atoms with Crippen LogP contribution in [0.25, 0.3) is 11.5 Å². The standard InChI is InChI=1S/C24H22FN5O3/c1-15(2)21-29-23(33-30-21)16-8-10-19(11-9-16)28-24(31)27-14-17-5-4-12-26-22(17)32-20-7-3-6-18(25)13-20/h3-13,15H,14H2,1-2H3,(H2,27,28,31). The Bertz CT molecular complexity index is 1240. The first-order valence-corrected chi connectivity index (χ1v) is 10.3. The third-order valence-corrected chi connectivity index (χ3v) is 4.65. The summed E-state index contributed by atoms with van der Waals surface area (Å²) >= 11 is 0. The lowest BCUT2D eigenvalue weighted by Gasteiger charge is -2.11. The molecule has 0 unspecified atom stereocenters. The van der Waals surface area contributed by atoms with Crippen molar-refractivity contribution in [2.24, 2.45) is 0 Å². The smallest absolute Gasteiger partial charge is 0.319 e. The van der Waals surface area contributed by atoms with Gasteiger partial charge in [0.05, 0.1) is 0 Å². The van der Waals surface area contributed by atoms with Gasteiger partial charge >= 0.3 is 6.03 Å². The normalized spacial score (nSPS) is 10.8. The number of nitrogens with zero attached hydrogens (tertiary/aromatic N) is 3. The molecule has 0 fully saturated rings. The van der Waals surface area contributed by atoms with Crippen LogP contribution in [0.15, 0.2) is 71.4 Å². The number of urea groups is 1. The molecule has 0 radical (unpaired) electrons. The fraction of sp³-hybridized carbons (Fsp3) is 0.167. The first-order valence-electron chi connectivity index (χ1n) is 10.3. The van der Waals surface area contributed by atoms with Crippen molar-refractivity contribution in [3.63, 3.8) is 0 Å². The molecule has 2 aromatic carbocycles. The van der Waals surface area contributed by atoms with E-state index >= 15 is 0 Å². The van der Waals surface area contributed by atoms with Crippen molar-refractivity contribution >= 4 is 11.7 Å². The van der Waals surface area contributed by atoms with Crippen molar-refractivity contribution in [3.8, 4) is 23.1 Å². The van der Waals surface area contributed by atoms with Crippen LogP contribution < -0.4 is 15.4 Å². The van der Waals surface area contributed by atoms with Crippen molar-refractivity contribution in [1.82, 2.24) is 20.4 Å². The van der Waals surface area contributed by atoms with E-state index in [1.165, 1.54) is 12.1 Å².